The number of rotatable bonds is 8. The van der Waals surface area contributed by atoms with Crippen LogP contribution in [-0.2, 0) is 16.4 Å². The van der Waals surface area contributed by atoms with Gasteiger partial charge < -0.3 is 4.98 Å². The minimum Gasteiger partial charge on any atom is -0.346 e. The lowest BCUT2D eigenvalue weighted by molar-refractivity contribution is 0.0985. The Morgan fingerprint density at radius 2 is 2.03 bits per heavy atom. The number of carbonyl (C=O) groups excluding carboxylic acids is 1. The number of Topliss-reactive ketones (excluding diaryl/α,β-unsaturated/α-hetero) is 1. The molecule has 0 bridgehead atoms. The van der Waals surface area contributed by atoms with Gasteiger partial charge in [-0.1, -0.05) is 0 Å². The van der Waals surface area contributed by atoms with Crippen LogP contribution in [0.4, 0.5) is 18.9 Å². The maximum absolute atomic E-state index is 14.7. The lowest BCUT2D eigenvalue weighted by atomic mass is 10.0. The molecule has 0 fully saturated rings. The first kappa shape index (κ1) is 20.8. The zero-order chi connectivity index (χ0) is 21.2. The number of benzene rings is 1. The summed E-state index contributed by atoms with van der Waals surface area (Å²) in [6.07, 6.45) is 2.59. The number of fused-ring (bicyclic) bond motifs is 1. The van der Waals surface area contributed by atoms with Crippen molar-refractivity contribution in [1.29, 1.82) is 0 Å². The molecule has 0 saturated carbocycles. The highest BCUT2D eigenvalue weighted by Crippen LogP contribution is 2.25. The summed E-state index contributed by atoms with van der Waals surface area (Å²) in [6.45, 7) is 0.999. The number of H-pyrrole nitrogens is 1. The van der Waals surface area contributed by atoms with Crippen LogP contribution in [0.1, 0.15) is 27.9 Å². The van der Waals surface area contributed by atoms with Gasteiger partial charge in [-0.15, -0.1) is 0 Å². The standard InChI is InChI=1S/C19H18F3N3O3S/c1-11-9-23-19-13(11)7-12(10-24-19)8-16(26)17-14(21)3-4-15(18(17)22)25-29(27,28)6-2-5-20/h3-4,7,9-10,25H,2,5-6,8H2,1H3,(H,23,24). The van der Waals surface area contributed by atoms with E-state index in [0.717, 1.165) is 23.1 Å². The SMILES string of the molecule is Cc1c[nH]c2ncc(CC(=O)c3c(F)ccc(NS(=O)(=O)CCCF)c3F)cc12. The van der Waals surface area contributed by atoms with E-state index < -0.39 is 51.1 Å². The van der Waals surface area contributed by atoms with Gasteiger partial charge in [0.2, 0.25) is 10.0 Å². The van der Waals surface area contributed by atoms with E-state index in [4.69, 9.17) is 0 Å². The third-order valence-electron chi connectivity index (χ3n) is 4.34. The van der Waals surface area contributed by atoms with Crippen LogP contribution < -0.4 is 4.72 Å². The Morgan fingerprint density at radius 1 is 1.28 bits per heavy atom. The van der Waals surface area contributed by atoms with Crippen LogP contribution in [0, 0.1) is 18.6 Å². The van der Waals surface area contributed by atoms with E-state index >= 15 is 0 Å². The molecule has 0 radical (unpaired) electrons. The Morgan fingerprint density at radius 3 is 2.76 bits per heavy atom. The van der Waals surface area contributed by atoms with Gasteiger partial charge in [-0.05, 0) is 42.7 Å². The summed E-state index contributed by atoms with van der Waals surface area (Å²) >= 11 is 0. The van der Waals surface area contributed by atoms with Crippen molar-refractivity contribution >= 4 is 32.5 Å². The molecule has 2 heterocycles. The zero-order valence-corrected chi connectivity index (χ0v) is 16.2. The highest BCUT2D eigenvalue weighted by Gasteiger charge is 2.23. The van der Waals surface area contributed by atoms with Crippen LogP contribution in [0.2, 0.25) is 0 Å². The largest absolute Gasteiger partial charge is 0.346 e. The van der Waals surface area contributed by atoms with E-state index in [1.807, 2.05) is 11.6 Å². The number of aryl methyl sites for hydroxylation is 1. The number of sulfonamides is 1. The maximum Gasteiger partial charge on any atom is 0.232 e. The highest BCUT2D eigenvalue weighted by molar-refractivity contribution is 7.92. The molecule has 0 saturated heterocycles. The highest BCUT2D eigenvalue weighted by atomic mass is 32.2. The second-order valence-electron chi connectivity index (χ2n) is 6.56. The predicted octanol–water partition coefficient (Wildman–Crippen LogP) is 3.68. The Balaban J connectivity index is 1.88. The normalized spacial score (nSPS) is 11.7. The summed E-state index contributed by atoms with van der Waals surface area (Å²) in [5.74, 6) is -3.85. The molecule has 154 valence electrons. The monoisotopic (exact) mass is 425 g/mol. The molecular weight excluding hydrogens is 407 g/mol. The van der Waals surface area contributed by atoms with Crippen molar-refractivity contribution in [3.05, 3.63) is 58.9 Å². The summed E-state index contributed by atoms with van der Waals surface area (Å²) in [7, 11) is -4.03. The average Bonchev–Trinajstić information content (AvgIpc) is 3.03. The van der Waals surface area contributed by atoms with Crippen molar-refractivity contribution in [2.75, 3.05) is 17.1 Å². The number of ketones is 1. The number of aromatic amines is 1. The van der Waals surface area contributed by atoms with Crippen LogP contribution in [0.5, 0.6) is 0 Å². The summed E-state index contributed by atoms with van der Waals surface area (Å²) in [5, 5.41) is 0.783. The van der Waals surface area contributed by atoms with Gasteiger partial charge in [0.05, 0.1) is 23.7 Å². The number of alkyl halides is 1. The third-order valence-corrected chi connectivity index (χ3v) is 5.70. The van der Waals surface area contributed by atoms with Crippen molar-refractivity contribution in [2.24, 2.45) is 0 Å². The second-order valence-corrected chi connectivity index (χ2v) is 8.40. The van der Waals surface area contributed by atoms with Gasteiger partial charge in [0.1, 0.15) is 11.5 Å². The number of pyridine rings is 1. The topological polar surface area (TPSA) is 91.9 Å². The number of nitrogens with zero attached hydrogens (tertiary/aromatic N) is 1. The third kappa shape index (κ3) is 4.58. The number of aromatic nitrogens is 2. The van der Waals surface area contributed by atoms with Gasteiger partial charge in [-0.2, -0.15) is 0 Å². The van der Waals surface area contributed by atoms with Crippen LogP contribution in [0.3, 0.4) is 0 Å². The van der Waals surface area contributed by atoms with E-state index in [2.05, 4.69) is 9.97 Å². The number of nitrogens with one attached hydrogen (secondary N) is 2. The number of halogens is 3. The van der Waals surface area contributed by atoms with Gasteiger partial charge in [0.25, 0.3) is 0 Å². The van der Waals surface area contributed by atoms with Crippen LogP contribution in [-0.4, -0.2) is 36.6 Å². The molecule has 0 atom stereocenters. The maximum atomic E-state index is 14.7. The van der Waals surface area contributed by atoms with Gasteiger partial charge in [-0.3, -0.25) is 13.9 Å². The molecule has 2 aromatic heterocycles. The van der Waals surface area contributed by atoms with Crippen LogP contribution >= 0.6 is 0 Å². The molecule has 3 aromatic rings. The molecule has 0 unspecified atom stereocenters. The molecule has 0 aliphatic rings. The molecule has 2 N–H and O–H groups in total. The lowest BCUT2D eigenvalue weighted by Gasteiger charge is -2.11. The fourth-order valence-electron chi connectivity index (χ4n) is 2.90. The lowest BCUT2D eigenvalue weighted by Crippen LogP contribution is -2.19. The number of carbonyl (C=O) groups is 1. The summed E-state index contributed by atoms with van der Waals surface area (Å²) in [4.78, 5) is 19.7. The molecule has 0 spiro atoms. The number of hydrogen-bond donors (Lipinski definition) is 2. The minimum atomic E-state index is -4.03. The van der Waals surface area contributed by atoms with Crippen molar-refractivity contribution in [1.82, 2.24) is 9.97 Å². The Labute approximate surface area is 165 Å². The molecule has 0 aliphatic carbocycles. The molecule has 29 heavy (non-hydrogen) atoms. The van der Waals surface area contributed by atoms with E-state index in [0.29, 0.717) is 11.2 Å². The Kier molecular flexibility index (Phi) is 5.92. The van der Waals surface area contributed by atoms with Crippen molar-refractivity contribution < 1.29 is 26.4 Å². The molecule has 6 nitrogen and oxygen atoms in total. The summed E-state index contributed by atoms with van der Waals surface area (Å²) in [6, 6.07) is 3.39. The molecule has 10 heteroatoms. The van der Waals surface area contributed by atoms with Crippen molar-refractivity contribution in [3.63, 3.8) is 0 Å². The van der Waals surface area contributed by atoms with Gasteiger partial charge >= 0.3 is 0 Å². The quantitative estimate of drug-likeness (QED) is 0.539. The van der Waals surface area contributed by atoms with Crippen LogP contribution in [0.15, 0.2) is 30.6 Å². The van der Waals surface area contributed by atoms with E-state index in [1.54, 1.807) is 12.3 Å². The van der Waals surface area contributed by atoms with Gasteiger partial charge in [-0.25, -0.2) is 22.2 Å². The van der Waals surface area contributed by atoms with Crippen LogP contribution in [0.25, 0.3) is 11.0 Å². The minimum absolute atomic E-state index is 0.266. The molecule has 0 aliphatic heterocycles. The van der Waals surface area contributed by atoms with Crippen molar-refractivity contribution in [2.45, 2.75) is 19.8 Å². The first-order valence-electron chi connectivity index (χ1n) is 8.72. The zero-order valence-electron chi connectivity index (χ0n) is 15.4. The van der Waals surface area contributed by atoms with E-state index in [-0.39, 0.29) is 12.8 Å². The second kappa shape index (κ2) is 8.24. The van der Waals surface area contributed by atoms with E-state index in [1.165, 1.54) is 6.20 Å². The van der Waals surface area contributed by atoms with Crippen molar-refractivity contribution in [3.8, 4) is 0 Å². The summed E-state index contributed by atoms with van der Waals surface area (Å²) < 4.78 is 66.8. The number of hydrogen-bond acceptors (Lipinski definition) is 4. The fraction of sp³-hybridized carbons (Fsp3) is 0.263. The molecule has 1 aromatic carbocycles. The first-order chi connectivity index (χ1) is 13.7. The molecular formula is C19H18F3N3O3S. The molecule has 3 rings (SSSR count). The predicted molar refractivity (Wildman–Crippen MR) is 103 cm³/mol. The Bertz CT molecular complexity index is 1180. The molecule has 0 amide bonds. The van der Waals surface area contributed by atoms with E-state index in [9.17, 15) is 26.4 Å². The summed E-state index contributed by atoms with van der Waals surface area (Å²) in [5.41, 5.74) is 0.577. The van der Waals surface area contributed by atoms with Gasteiger partial charge in [0.15, 0.2) is 11.6 Å². The average molecular weight is 425 g/mol. The first-order valence-corrected chi connectivity index (χ1v) is 10.4. The number of anilines is 1. The smallest absolute Gasteiger partial charge is 0.232 e. The fourth-order valence-corrected chi connectivity index (χ4v) is 3.98. The van der Waals surface area contributed by atoms with Gasteiger partial charge in [0, 0.05) is 24.2 Å². The Hall–Kier alpha value is -2.88.